The summed E-state index contributed by atoms with van der Waals surface area (Å²) in [6.07, 6.45) is 3.85. The Bertz CT molecular complexity index is 921. The first kappa shape index (κ1) is 18.2. The lowest BCUT2D eigenvalue weighted by atomic mass is 9.68. The molecule has 0 fully saturated rings. The lowest BCUT2D eigenvalue weighted by Gasteiger charge is -2.35. The van der Waals surface area contributed by atoms with Crippen LogP contribution >= 0.6 is 0 Å². The van der Waals surface area contributed by atoms with Gasteiger partial charge in [0.15, 0.2) is 5.78 Å². The molecular weight excluding hydrogens is 336 g/mol. The van der Waals surface area contributed by atoms with Crippen molar-refractivity contribution in [2.75, 3.05) is 0 Å². The standard InChI is InChI=1S/C24H26O3/c1-15(2)16-10-11-19-20(14-16)27-24(26)18-9-7-6-8-17(18)21(25)23(19,24)13-12-22(3,4)5/h6-15,26H,1-5H3. The average molecular weight is 362 g/mol. The van der Waals surface area contributed by atoms with E-state index in [-0.39, 0.29) is 11.2 Å². The van der Waals surface area contributed by atoms with Crippen LogP contribution in [0.5, 0.6) is 5.75 Å². The summed E-state index contributed by atoms with van der Waals surface area (Å²) in [5.41, 5.74) is 1.53. The minimum Gasteiger partial charge on any atom is -0.456 e. The van der Waals surface area contributed by atoms with Gasteiger partial charge in [0.25, 0.3) is 5.79 Å². The van der Waals surface area contributed by atoms with Crippen LogP contribution in [0.1, 0.15) is 67.6 Å². The molecule has 0 saturated heterocycles. The number of rotatable bonds is 3. The number of ketones is 1. The molecule has 4 rings (SSSR count). The van der Waals surface area contributed by atoms with E-state index in [4.69, 9.17) is 4.74 Å². The number of hydrogen-bond donors (Lipinski definition) is 1. The van der Waals surface area contributed by atoms with Crippen molar-refractivity contribution in [2.45, 2.75) is 51.7 Å². The van der Waals surface area contributed by atoms with Gasteiger partial charge in [0.2, 0.25) is 0 Å². The van der Waals surface area contributed by atoms with Gasteiger partial charge in [-0.2, -0.15) is 0 Å². The number of carbonyl (C=O) groups excluding carboxylic acids is 1. The highest BCUT2D eigenvalue weighted by Gasteiger charge is 2.70. The van der Waals surface area contributed by atoms with E-state index in [1.54, 1.807) is 12.1 Å². The monoisotopic (exact) mass is 362 g/mol. The summed E-state index contributed by atoms with van der Waals surface area (Å²) in [4.78, 5) is 13.6. The molecule has 0 spiro atoms. The highest BCUT2D eigenvalue weighted by atomic mass is 16.6. The van der Waals surface area contributed by atoms with Crippen LogP contribution < -0.4 is 4.74 Å². The Hall–Kier alpha value is -2.13. The summed E-state index contributed by atoms with van der Waals surface area (Å²) >= 11 is 0. The second-order valence-electron chi connectivity index (χ2n) is 9.04. The van der Waals surface area contributed by atoms with E-state index in [0.717, 1.165) is 11.1 Å². The third-order valence-electron chi connectivity index (χ3n) is 5.62. The van der Waals surface area contributed by atoms with E-state index in [1.165, 1.54) is 0 Å². The average Bonchev–Trinajstić information content (AvgIpc) is 2.96. The fourth-order valence-electron chi connectivity index (χ4n) is 4.12. The van der Waals surface area contributed by atoms with Crippen LogP contribution in [0.25, 0.3) is 0 Å². The molecule has 1 aliphatic heterocycles. The van der Waals surface area contributed by atoms with Crippen molar-refractivity contribution in [1.29, 1.82) is 0 Å². The lowest BCUT2D eigenvalue weighted by Crippen LogP contribution is -2.49. The molecule has 3 nitrogen and oxygen atoms in total. The van der Waals surface area contributed by atoms with Crippen LogP contribution in [-0.4, -0.2) is 10.9 Å². The predicted molar refractivity (Wildman–Crippen MR) is 106 cm³/mol. The quantitative estimate of drug-likeness (QED) is 0.841. The summed E-state index contributed by atoms with van der Waals surface area (Å²) in [6.45, 7) is 10.4. The molecule has 2 radical (unpaired) electrons. The maximum absolute atomic E-state index is 13.6. The third-order valence-corrected chi connectivity index (χ3v) is 5.62. The Labute approximate surface area is 161 Å². The number of ether oxygens (including phenoxy) is 1. The van der Waals surface area contributed by atoms with Gasteiger partial charge in [-0.05, 0) is 35.8 Å². The maximum Gasteiger partial charge on any atom is 0.253 e. The molecule has 2 aromatic rings. The smallest absolute Gasteiger partial charge is 0.253 e. The largest absolute Gasteiger partial charge is 0.456 e. The Morgan fingerprint density at radius 3 is 2.44 bits per heavy atom. The van der Waals surface area contributed by atoms with Crippen molar-refractivity contribution in [3.8, 4) is 5.75 Å². The van der Waals surface area contributed by atoms with Gasteiger partial charge in [-0.15, -0.1) is 0 Å². The first-order chi connectivity index (χ1) is 12.6. The molecule has 2 aliphatic rings. The lowest BCUT2D eigenvalue weighted by molar-refractivity contribution is -0.156. The first-order valence-electron chi connectivity index (χ1n) is 9.51. The molecule has 2 unspecified atom stereocenters. The van der Waals surface area contributed by atoms with E-state index >= 15 is 0 Å². The molecule has 1 aliphatic carbocycles. The highest BCUT2D eigenvalue weighted by Crippen LogP contribution is 2.61. The summed E-state index contributed by atoms with van der Waals surface area (Å²) in [6, 6.07) is 13.1. The fourth-order valence-corrected chi connectivity index (χ4v) is 4.12. The van der Waals surface area contributed by atoms with Gasteiger partial charge >= 0.3 is 0 Å². The van der Waals surface area contributed by atoms with Gasteiger partial charge < -0.3 is 9.84 Å². The van der Waals surface area contributed by atoms with Gasteiger partial charge in [0.05, 0.1) is 0 Å². The zero-order chi connectivity index (χ0) is 19.6. The normalized spacial score (nSPS) is 26.0. The van der Waals surface area contributed by atoms with Crippen molar-refractivity contribution >= 4 is 5.78 Å². The molecular formula is C24H26O3. The number of hydrogen-bond acceptors (Lipinski definition) is 3. The summed E-state index contributed by atoms with van der Waals surface area (Å²) in [7, 11) is 0. The number of carbonyl (C=O) groups is 1. The van der Waals surface area contributed by atoms with Crippen LogP contribution in [-0.2, 0) is 11.2 Å². The maximum atomic E-state index is 13.6. The highest BCUT2D eigenvalue weighted by molar-refractivity contribution is 6.12. The SMILES string of the molecule is CC(C)c1ccc2c(c1)OC1(O)c3ccccc3C(=O)C21[CH][CH]C(C)(C)C. The van der Waals surface area contributed by atoms with Crippen molar-refractivity contribution < 1.29 is 14.6 Å². The van der Waals surface area contributed by atoms with Crippen LogP contribution in [0.4, 0.5) is 0 Å². The molecule has 0 bridgehead atoms. The van der Waals surface area contributed by atoms with Crippen LogP contribution in [0.15, 0.2) is 42.5 Å². The van der Waals surface area contributed by atoms with E-state index in [9.17, 15) is 9.90 Å². The van der Waals surface area contributed by atoms with E-state index in [1.807, 2.05) is 43.2 Å². The fraction of sp³-hybridized carbons (Fsp3) is 0.375. The molecule has 1 N–H and O–H groups in total. The summed E-state index contributed by atoms with van der Waals surface area (Å²) in [5, 5.41) is 11.8. The van der Waals surface area contributed by atoms with Crippen molar-refractivity contribution in [2.24, 2.45) is 5.41 Å². The molecule has 3 heteroatoms. The molecule has 0 saturated carbocycles. The van der Waals surface area contributed by atoms with Crippen molar-refractivity contribution in [3.63, 3.8) is 0 Å². The van der Waals surface area contributed by atoms with Crippen molar-refractivity contribution in [3.05, 3.63) is 77.6 Å². The molecule has 27 heavy (non-hydrogen) atoms. The molecule has 2 aromatic carbocycles. The molecule has 140 valence electrons. The summed E-state index contributed by atoms with van der Waals surface area (Å²) < 4.78 is 6.16. The van der Waals surface area contributed by atoms with Crippen LogP contribution in [0, 0.1) is 18.3 Å². The Balaban J connectivity index is 1.93. The molecule has 0 aromatic heterocycles. The minimum absolute atomic E-state index is 0.114. The topological polar surface area (TPSA) is 46.5 Å². The van der Waals surface area contributed by atoms with Gasteiger partial charge in [-0.3, -0.25) is 4.79 Å². The van der Waals surface area contributed by atoms with Crippen LogP contribution in [0.3, 0.4) is 0 Å². The second kappa shape index (κ2) is 5.68. The number of fused-ring (bicyclic) bond motifs is 5. The van der Waals surface area contributed by atoms with E-state index < -0.39 is 11.2 Å². The van der Waals surface area contributed by atoms with Crippen molar-refractivity contribution in [1.82, 2.24) is 0 Å². The number of benzene rings is 2. The third kappa shape index (κ3) is 2.41. The summed E-state index contributed by atoms with van der Waals surface area (Å²) in [5.74, 6) is -0.916. The van der Waals surface area contributed by atoms with E-state index in [2.05, 4.69) is 34.6 Å². The van der Waals surface area contributed by atoms with Gasteiger partial charge in [0.1, 0.15) is 11.2 Å². The van der Waals surface area contributed by atoms with Crippen LogP contribution in [0.2, 0.25) is 0 Å². The number of Topliss-reactive ketones (excluding diaryl/α,β-unsaturated/α-hetero) is 1. The van der Waals surface area contributed by atoms with E-state index in [0.29, 0.717) is 22.8 Å². The van der Waals surface area contributed by atoms with Gasteiger partial charge in [-0.25, -0.2) is 0 Å². The minimum atomic E-state index is -1.72. The van der Waals surface area contributed by atoms with Gasteiger partial charge in [-0.1, -0.05) is 71.0 Å². The Morgan fingerprint density at radius 1 is 1.07 bits per heavy atom. The Morgan fingerprint density at radius 2 is 1.78 bits per heavy atom. The zero-order valence-corrected chi connectivity index (χ0v) is 16.5. The van der Waals surface area contributed by atoms with Gasteiger partial charge in [0, 0.05) is 16.7 Å². The predicted octanol–water partition coefficient (Wildman–Crippen LogP) is 4.94. The number of aliphatic hydroxyl groups is 1. The molecule has 2 atom stereocenters. The molecule has 0 amide bonds. The second-order valence-corrected chi connectivity index (χ2v) is 9.04. The Kier molecular flexibility index (Phi) is 3.84. The zero-order valence-electron chi connectivity index (χ0n) is 16.5. The molecule has 1 heterocycles. The first-order valence-corrected chi connectivity index (χ1v) is 9.51.